The van der Waals surface area contributed by atoms with E-state index in [4.69, 9.17) is 11.6 Å². The molecule has 1 fully saturated rings. The van der Waals surface area contributed by atoms with E-state index in [-0.39, 0.29) is 17.2 Å². The minimum atomic E-state index is -4.44. The lowest BCUT2D eigenvalue weighted by atomic mass is 10.1. The third-order valence-electron chi connectivity index (χ3n) is 3.03. The van der Waals surface area contributed by atoms with Crippen LogP contribution >= 0.6 is 11.6 Å². The number of rotatable bonds is 3. The molecule has 2 atom stereocenters. The fourth-order valence-corrected chi connectivity index (χ4v) is 2.42. The molecular weight excluding hydrogens is 267 g/mol. The first-order valence-electron chi connectivity index (χ1n) is 5.75. The van der Waals surface area contributed by atoms with E-state index in [0.29, 0.717) is 6.54 Å². The molecule has 1 aliphatic carbocycles. The zero-order valence-electron chi connectivity index (χ0n) is 9.54. The van der Waals surface area contributed by atoms with E-state index in [1.807, 2.05) is 0 Å². The summed E-state index contributed by atoms with van der Waals surface area (Å²) in [5.74, 6) is 0.269. The molecule has 1 saturated carbocycles. The molecule has 0 amide bonds. The van der Waals surface area contributed by atoms with Crippen molar-refractivity contribution in [2.24, 2.45) is 5.92 Å². The lowest BCUT2D eigenvalue weighted by Gasteiger charge is -2.14. The van der Waals surface area contributed by atoms with Crippen molar-refractivity contribution in [2.45, 2.75) is 30.8 Å². The number of nitrogens with zero attached hydrogens (tertiary/aromatic N) is 2. The van der Waals surface area contributed by atoms with Crippen molar-refractivity contribution < 1.29 is 13.2 Å². The molecule has 0 aliphatic heterocycles. The van der Waals surface area contributed by atoms with E-state index < -0.39 is 11.9 Å². The van der Waals surface area contributed by atoms with Gasteiger partial charge in [0.15, 0.2) is 0 Å². The van der Waals surface area contributed by atoms with Crippen LogP contribution in [0.15, 0.2) is 12.3 Å². The van der Waals surface area contributed by atoms with Gasteiger partial charge in [0.25, 0.3) is 0 Å². The molecule has 0 bridgehead atoms. The second-order valence-corrected chi connectivity index (χ2v) is 4.91. The summed E-state index contributed by atoms with van der Waals surface area (Å²) in [5.41, 5.74) is -0.936. The number of anilines is 1. The predicted molar refractivity (Wildman–Crippen MR) is 62.5 cm³/mol. The van der Waals surface area contributed by atoms with Gasteiger partial charge < -0.3 is 5.32 Å². The van der Waals surface area contributed by atoms with E-state index >= 15 is 0 Å². The topological polar surface area (TPSA) is 37.8 Å². The maximum absolute atomic E-state index is 12.4. The second-order valence-electron chi connectivity index (χ2n) is 4.35. The highest BCUT2D eigenvalue weighted by atomic mass is 35.5. The summed E-state index contributed by atoms with van der Waals surface area (Å²) in [6, 6.07) is 0.852. The van der Waals surface area contributed by atoms with Gasteiger partial charge in [0.1, 0.15) is 5.69 Å². The predicted octanol–water partition coefficient (Wildman–Crippen LogP) is 3.31. The van der Waals surface area contributed by atoms with E-state index in [0.717, 1.165) is 31.5 Å². The summed E-state index contributed by atoms with van der Waals surface area (Å²) in [4.78, 5) is 7.21. The molecule has 0 radical (unpaired) electrons. The SMILES string of the molecule is FC(F)(F)c1ccnc(NCC2CCCC2Cl)n1. The smallest absolute Gasteiger partial charge is 0.354 e. The fraction of sp³-hybridized carbons (Fsp3) is 0.636. The van der Waals surface area contributed by atoms with E-state index in [1.165, 1.54) is 0 Å². The molecule has 18 heavy (non-hydrogen) atoms. The van der Waals surface area contributed by atoms with Crippen molar-refractivity contribution in [1.82, 2.24) is 9.97 Å². The number of hydrogen-bond donors (Lipinski definition) is 1. The second kappa shape index (κ2) is 5.30. The average molecular weight is 280 g/mol. The Hall–Kier alpha value is -1.04. The van der Waals surface area contributed by atoms with Crippen LogP contribution in [-0.2, 0) is 6.18 Å². The lowest BCUT2D eigenvalue weighted by molar-refractivity contribution is -0.141. The Bertz CT molecular complexity index is 411. The van der Waals surface area contributed by atoms with Gasteiger partial charge in [-0.25, -0.2) is 9.97 Å². The number of aromatic nitrogens is 2. The van der Waals surface area contributed by atoms with Crippen LogP contribution in [0.3, 0.4) is 0 Å². The summed E-state index contributed by atoms with van der Waals surface area (Å²) in [6.45, 7) is 0.509. The molecule has 0 aromatic carbocycles. The van der Waals surface area contributed by atoms with Gasteiger partial charge in [0.05, 0.1) is 0 Å². The van der Waals surface area contributed by atoms with Crippen molar-refractivity contribution in [3.63, 3.8) is 0 Å². The van der Waals surface area contributed by atoms with Gasteiger partial charge in [-0.05, 0) is 24.8 Å². The number of alkyl halides is 4. The molecule has 2 unspecified atom stereocenters. The Morgan fingerprint density at radius 2 is 2.17 bits per heavy atom. The molecule has 1 N–H and O–H groups in total. The van der Waals surface area contributed by atoms with Crippen molar-refractivity contribution >= 4 is 17.5 Å². The minimum absolute atomic E-state index is 0.000548. The molecule has 0 saturated heterocycles. The quantitative estimate of drug-likeness (QED) is 0.863. The van der Waals surface area contributed by atoms with Crippen molar-refractivity contribution in [2.75, 3.05) is 11.9 Å². The first-order valence-corrected chi connectivity index (χ1v) is 6.18. The lowest BCUT2D eigenvalue weighted by Crippen LogP contribution is -2.20. The molecule has 1 aromatic rings. The molecule has 1 aromatic heterocycles. The maximum Gasteiger partial charge on any atom is 0.433 e. The van der Waals surface area contributed by atoms with Gasteiger partial charge in [0, 0.05) is 18.1 Å². The van der Waals surface area contributed by atoms with Gasteiger partial charge in [-0.1, -0.05) is 6.42 Å². The van der Waals surface area contributed by atoms with Crippen LogP contribution in [0.2, 0.25) is 0 Å². The fourth-order valence-electron chi connectivity index (χ4n) is 2.05. The standard InChI is InChI=1S/C11H13ClF3N3/c12-8-3-1-2-7(8)6-17-10-16-5-4-9(18-10)11(13,14)15/h4-5,7-8H,1-3,6H2,(H,16,17,18). The Labute approximate surface area is 108 Å². The number of hydrogen-bond acceptors (Lipinski definition) is 3. The summed E-state index contributed by atoms with van der Waals surface area (Å²) < 4.78 is 37.3. The Balaban J connectivity index is 1.97. The van der Waals surface area contributed by atoms with Crippen LogP contribution < -0.4 is 5.32 Å². The molecule has 7 heteroatoms. The summed E-state index contributed by atoms with van der Waals surface area (Å²) in [7, 11) is 0. The summed E-state index contributed by atoms with van der Waals surface area (Å²) >= 11 is 6.09. The monoisotopic (exact) mass is 279 g/mol. The van der Waals surface area contributed by atoms with Gasteiger partial charge in [0.2, 0.25) is 5.95 Å². The van der Waals surface area contributed by atoms with Crippen molar-refractivity contribution in [3.8, 4) is 0 Å². The highest BCUT2D eigenvalue weighted by Gasteiger charge is 2.33. The third kappa shape index (κ3) is 3.25. The van der Waals surface area contributed by atoms with E-state index in [9.17, 15) is 13.2 Å². The zero-order valence-corrected chi connectivity index (χ0v) is 10.3. The van der Waals surface area contributed by atoms with Gasteiger partial charge in [-0.2, -0.15) is 13.2 Å². The van der Waals surface area contributed by atoms with Crippen molar-refractivity contribution in [1.29, 1.82) is 0 Å². The molecule has 100 valence electrons. The summed E-state index contributed by atoms with van der Waals surface area (Å²) in [5, 5.41) is 2.91. The summed E-state index contributed by atoms with van der Waals surface area (Å²) in [6.07, 6.45) is -0.339. The highest BCUT2D eigenvalue weighted by molar-refractivity contribution is 6.20. The Morgan fingerprint density at radius 1 is 1.39 bits per heavy atom. The molecule has 1 heterocycles. The number of halogens is 4. The van der Waals surface area contributed by atoms with Crippen LogP contribution in [0.1, 0.15) is 25.0 Å². The molecule has 2 rings (SSSR count). The molecular formula is C11H13ClF3N3. The first kappa shape index (κ1) is 13.4. The maximum atomic E-state index is 12.4. The van der Waals surface area contributed by atoms with Crippen LogP contribution in [0.5, 0.6) is 0 Å². The Morgan fingerprint density at radius 3 is 2.78 bits per heavy atom. The Kier molecular flexibility index (Phi) is 3.94. The van der Waals surface area contributed by atoms with Crippen LogP contribution in [0, 0.1) is 5.92 Å². The largest absolute Gasteiger partial charge is 0.433 e. The normalized spacial score (nSPS) is 24.2. The van der Waals surface area contributed by atoms with Crippen molar-refractivity contribution in [3.05, 3.63) is 18.0 Å². The zero-order chi connectivity index (χ0) is 13.2. The van der Waals surface area contributed by atoms with E-state index in [1.54, 1.807) is 0 Å². The first-order chi connectivity index (χ1) is 8.47. The van der Waals surface area contributed by atoms with Crippen LogP contribution in [0.25, 0.3) is 0 Å². The molecule has 1 aliphatic rings. The highest BCUT2D eigenvalue weighted by Crippen LogP contribution is 2.30. The van der Waals surface area contributed by atoms with Crippen LogP contribution in [-0.4, -0.2) is 21.9 Å². The minimum Gasteiger partial charge on any atom is -0.354 e. The molecule has 3 nitrogen and oxygen atoms in total. The number of nitrogens with one attached hydrogen (secondary N) is 1. The average Bonchev–Trinajstić information content (AvgIpc) is 2.72. The van der Waals surface area contributed by atoms with Gasteiger partial charge in [-0.15, -0.1) is 11.6 Å². The van der Waals surface area contributed by atoms with Gasteiger partial charge >= 0.3 is 6.18 Å². The third-order valence-corrected chi connectivity index (χ3v) is 3.61. The molecule has 0 spiro atoms. The van der Waals surface area contributed by atoms with E-state index in [2.05, 4.69) is 15.3 Å². The van der Waals surface area contributed by atoms with Gasteiger partial charge in [-0.3, -0.25) is 0 Å². The van der Waals surface area contributed by atoms with Crippen LogP contribution in [0.4, 0.5) is 19.1 Å².